The Morgan fingerprint density at radius 1 is 1.07 bits per heavy atom. The van der Waals surface area contributed by atoms with E-state index in [9.17, 15) is 5.26 Å². The van der Waals surface area contributed by atoms with Gasteiger partial charge in [0, 0.05) is 5.39 Å². The second-order valence-electron chi connectivity index (χ2n) is 7.11. The van der Waals surface area contributed by atoms with Crippen LogP contribution in [0.1, 0.15) is 29.5 Å². The van der Waals surface area contributed by atoms with Gasteiger partial charge in [0.1, 0.15) is 11.8 Å². The van der Waals surface area contributed by atoms with E-state index < -0.39 is 0 Å². The quantitative estimate of drug-likeness (QED) is 0.542. The van der Waals surface area contributed by atoms with Gasteiger partial charge in [-0.1, -0.05) is 12.1 Å². The van der Waals surface area contributed by atoms with Crippen LogP contribution in [0, 0.1) is 11.3 Å². The molecule has 0 bridgehead atoms. The van der Waals surface area contributed by atoms with Gasteiger partial charge in [-0.15, -0.1) is 0 Å². The minimum atomic E-state index is 0.566. The first-order chi connectivity index (χ1) is 13.3. The van der Waals surface area contributed by atoms with Gasteiger partial charge in [-0.25, -0.2) is 0 Å². The molecule has 0 unspecified atom stereocenters. The standard InChI is InChI=1S/C23H19N3O/c1-27-22-11-14(6-7-16(22)12-24)19-10-15-8-9-21-20(13-25-26-21)23(15)18-5-3-2-4-17(18)19/h6-11,13H,2-5H2,1H3,(H,25,26). The van der Waals surface area contributed by atoms with Crippen LogP contribution >= 0.6 is 0 Å². The molecule has 0 saturated heterocycles. The van der Waals surface area contributed by atoms with Gasteiger partial charge in [0.25, 0.3) is 0 Å². The van der Waals surface area contributed by atoms with E-state index in [-0.39, 0.29) is 0 Å². The summed E-state index contributed by atoms with van der Waals surface area (Å²) in [7, 11) is 1.62. The maximum atomic E-state index is 9.29. The summed E-state index contributed by atoms with van der Waals surface area (Å²) in [4.78, 5) is 0. The number of hydrogen-bond donors (Lipinski definition) is 1. The van der Waals surface area contributed by atoms with Crippen molar-refractivity contribution in [1.29, 1.82) is 5.26 Å². The first-order valence-corrected chi connectivity index (χ1v) is 9.29. The third-order valence-corrected chi connectivity index (χ3v) is 5.68. The number of ether oxygens (including phenoxy) is 1. The predicted octanol–water partition coefficient (Wildman–Crippen LogP) is 5.14. The van der Waals surface area contributed by atoms with Gasteiger partial charge in [-0.3, -0.25) is 5.10 Å². The molecule has 1 heterocycles. The lowest BCUT2D eigenvalue weighted by molar-refractivity contribution is 0.413. The highest BCUT2D eigenvalue weighted by Gasteiger charge is 2.20. The highest BCUT2D eigenvalue weighted by Crippen LogP contribution is 2.40. The van der Waals surface area contributed by atoms with E-state index in [2.05, 4.69) is 34.5 Å². The van der Waals surface area contributed by atoms with Crippen LogP contribution in [0.5, 0.6) is 5.75 Å². The van der Waals surface area contributed by atoms with E-state index in [1.165, 1.54) is 45.7 Å². The van der Waals surface area contributed by atoms with Crippen molar-refractivity contribution in [2.24, 2.45) is 0 Å². The molecule has 4 nitrogen and oxygen atoms in total. The lowest BCUT2D eigenvalue weighted by atomic mass is 9.81. The average Bonchev–Trinajstić information content (AvgIpc) is 3.21. The number of aromatic nitrogens is 2. The Balaban J connectivity index is 1.83. The number of fused-ring (bicyclic) bond motifs is 5. The normalized spacial score (nSPS) is 13.5. The summed E-state index contributed by atoms with van der Waals surface area (Å²) in [5, 5.41) is 20.4. The van der Waals surface area contributed by atoms with Crippen molar-refractivity contribution in [2.45, 2.75) is 25.7 Å². The molecule has 27 heavy (non-hydrogen) atoms. The Morgan fingerprint density at radius 2 is 1.93 bits per heavy atom. The molecule has 1 N–H and O–H groups in total. The van der Waals surface area contributed by atoms with Gasteiger partial charge in [0.15, 0.2) is 0 Å². The van der Waals surface area contributed by atoms with E-state index in [1.807, 2.05) is 24.4 Å². The van der Waals surface area contributed by atoms with E-state index in [4.69, 9.17) is 4.74 Å². The summed E-state index contributed by atoms with van der Waals surface area (Å²) < 4.78 is 5.44. The Bertz CT molecular complexity index is 1230. The number of methoxy groups -OCH3 is 1. The molecular formula is C23H19N3O. The number of rotatable bonds is 2. The molecule has 0 fully saturated rings. The fourth-order valence-corrected chi connectivity index (χ4v) is 4.42. The van der Waals surface area contributed by atoms with E-state index >= 15 is 0 Å². The van der Waals surface area contributed by atoms with Gasteiger partial charge < -0.3 is 4.74 Å². The lowest BCUT2D eigenvalue weighted by Crippen LogP contribution is -2.06. The zero-order chi connectivity index (χ0) is 18.4. The fourth-order valence-electron chi connectivity index (χ4n) is 4.42. The molecule has 3 aromatic carbocycles. The maximum absolute atomic E-state index is 9.29. The second kappa shape index (κ2) is 6.14. The van der Waals surface area contributed by atoms with Crippen LogP contribution in [-0.2, 0) is 12.8 Å². The number of nitriles is 1. The molecule has 0 spiro atoms. The summed E-state index contributed by atoms with van der Waals surface area (Å²) in [5.41, 5.74) is 6.89. The van der Waals surface area contributed by atoms with Gasteiger partial charge in [-0.05, 0) is 83.0 Å². The Hall–Kier alpha value is -3.32. The average molecular weight is 353 g/mol. The molecule has 0 aliphatic heterocycles. The molecule has 5 rings (SSSR count). The number of nitrogens with zero attached hydrogens (tertiary/aromatic N) is 2. The fraction of sp³-hybridized carbons (Fsp3) is 0.217. The first-order valence-electron chi connectivity index (χ1n) is 9.29. The number of aryl methyl sites for hydroxylation is 1. The highest BCUT2D eigenvalue weighted by atomic mass is 16.5. The molecule has 0 atom stereocenters. The largest absolute Gasteiger partial charge is 0.495 e. The van der Waals surface area contributed by atoms with Gasteiger partial charge >= 0.3 is 0 Å². The summed E-state index contributed by atoms with van der Waals surface area (Å²) in [6.45, 7) is 0. The van der Waals surface area contributed by atoms with Crippen LogP contribution in [0.25, 0.3) is 32.8 Å². The minimum absolute atomic E-state index is 0.566. The Labute approximate surface area is 157 Å². The van der Waals surface area contributed by atoms with Gasteiger partial charge in [0.2, 0.25) is 0 Å². The minimum Gasteiger partial charge on any atom is -0.495 e. The van der Waals surface area contributed by atoms with Crippen LogP contribution in [0.3, 0.4) is 0 Å². The van der Waals surface area contributed by atoms with Crippen LogP contribution < -0.4 is 4.74 Å². The number of nitrogens with one attached hydrogen (secondary N) is 1. The maximum Gasteiger partial charge on any atom is 0.137 e. The van der Waals surface area contributed by atoms with Crippen molar-refractivity contribution in [3.8, 4) is 22.9 Å². The SMILES string of the molecule is COc1cc(-c2cc3ccc4[nH]ncc4c3c3c2CCCC3)ccc1C#N. The zero-order valence-corrected chi connectivity index (χ0v) is 15.2. The molecule has 1 aliphatic rings. The number of benzene rings is 3. The van der Waals surface area contributed by atoms with Crippen molar-refractivity contribution < 1.29 is 4.74 Å². The van der Waals surface area contributed by atoms with Crippen molar-refractivity contribution in [2.75, 3.05) is 7.11 Å². The van der Waals surface area contributed by atoms with Crippen LogP contribution in [0.2, 0.25) is 0 Å². The van der Waals surface area contributed by atoms with E-state index in [0.29, 0.717) is 11.3 Å². The summed E-state index contributed by atoms with van der Waals surface area (Å²) in [6, 6.07) is 14.6. The topological polar surface area (TPSA) is 61.7 Å². The molecule has 0 radical (unpaired) electrons. The monoisotopic (exact) mass is 353 g/mol. The molecule has 0 saturated carbocycles. The summed E-state index contributed by atoms with van der Waals surface area (Å²) in [5.74, 6) is 0.630. The number of H-pyrrole nitrogens is 1. The summed E-state index contributed by atoms with van der Waals surface area (Å²) >= 11 is 0. The molecule has 4 heteroatoms. The van der Waals surface area contributed by atoms with Crippen LogP contribution in [0.15, 0.2) is 42.6 Å². The van der Waals surface area contributed by atoms with Gasteiger partial charge in [-0.2, -0.15) is 10.4 Å². The molecule has 1 aliphatic carbocycles. The Morgan fingerprint density at radius 3 is 2.74 bits per heavy atom. The van der Waals surface area contributed by atoms with Crippen molar-refractivity contribution >= 4 is 21.7 Å². The van der Waals surface area contributed by atoms with Crippen molar-refractivity contribution in [3.05, 3.63) is 59.3 Å². The zero-order valence-electron chi connectivity index (χ0n) is 15.2. The molecule has 132 valence electrons. The van der Waals surface area contributed by atoms with Crippen LogP contribution in [-0.4, -0.2) is 17.3 Å². The van der Waals surface area contributed by atoms with Gasteiger partial charge in [0.05, 0.1) is 24.4 Å². The molecule has 0 amide bonds. The second-order valence-corrected chi connectivity index (χ2v) is 7.11. The lowest BCUT2D eigenvalue weighted by Gasteiger charge is -2.23. The molecule has 4 aromatic rings. The van der Waals surface area contributed by atoms with Crippen LogP contribution in [0.4, 0.5) is 0 Å². The number of hydrogen-bond acceptors (Lipinski definition) is 3. The third-order valence-electron chi connectivity index (χ3n) is 5.68. The smallest absolute Gasteiger partial charge is 0.137 e. The first kappa shape index (κ1) is 15.9. The van der Waals surface area contributed by atoms with Crippen molar-refractivity contribution in [1.82, 2.24) is 10.2 Å². The predicted molar refractivity (Wildman–Crippen MR) is 107 cm³/mol. The molecular weight excluding hydrogens is 334 g/mol. The molecule has 1 aromatic heterocycles. The van der Waals surface area contributed by atoms with Crippen molar-refractivity contribution in [3.63, 3.8) is 0 Å². The highest BCUT2D eigenvalue weighted by molar-refractivity contribution is 6.09. The van der Waals surface area contributed by atoms with E-state index in [1.54, 1.807) is 7.11 Å². The summed E-state index contributed by atoms with van der Waals surface area (Å²) in [6.07, 6.45) is 6.54. The Kier molecular flexibility index (Phi) is 3.61. The van der Waals surface area contributed by atoms with E-state index in [0.717, 1.165) is 23.9 Å². The third kappa shape index (κ3) is 2.39. The number of aromatic amines is 1.